The molecule has 0 radical (unpaired) electrons. The minimum Gasteiger partial charge on any atom is -1.00 e. The fourth-order valence-corrected chi connectivity index (χ4v) is 4.53. The van der Waals surface area contributed by atoms with E-state index in [1.54, 1.807) is 0 Å². The van der Waals surface area contributed by atoms with Gasteiger partial charge in [-0.15, -0.1) is 46.2 Å². The summed E-state index contributed by atoms with van der Waals surface area (Å²) in [6, 6.07) is 24.0. The van der Waals surface area contributed by atoms with Crippen molar-refractivity contribution in [2.75, 3.05) is 0 Å². The molecule has 0 unspecified atom stereocenters. The molecule has 1 aliphatic rings. The van der Waals surface area contributed by atoms with Crippen LogP contribution in [0.1, 0.15) is 64.7 Å². The van der Waals surface area contributed by atoms with Crippen LogP contribution in [0.15, 0.2) is 85.0 Å². The van der Waals surface area contributed by atoms with Crippen molar-refractivity contribution in [3.8, 4) is 0 Å². The number of rotatable bonds is 1. The van der Waals surface area contributed by atoms with E-state index in [0.717, 1.165) is 11.4 Å². The summed E-state index contributed by atoms with van der Waals surface area (Å²) in [7, 11) is 0. The van der Waals surface area contributed by atoms with E-state index < -0.39 is 0 Å². The molecule has 0 atom stereocenters. The molecule has 0 fully saturated rings. The summed E-state index contributed by atoms with van der Waals surface area (Å²) in [6.07, 6.45) is 10.0. The molecule has 0 N–H and O–H groups in total. The predicted molar refractivity (Wildman–Crippen MR) is 153 cm³/mol. The zero-order valence-electron chi connectivity index (χ0n) is 22.5. The zero-order valence-corrected chi connectivity index (χ0v) is 27.2. The number of hydrogen-bond donors (Lipinski definition) is 0. The van der Waals surface area contributed by atoms with Gasteiger partial charge in [-0.3, -0.25) is 6.08 Å². The van der Waals surface area contributed by atoms with Crippen LogP contribution in [0.4, 0.5) is 0 Å². The van der Waals surface area contributed by atoms with Crippen LogP contribution in [-0.4, -0.2) is 3.71 Å². The predicted octanol–water partition coefficient (Wildman–Crippen LogP) is 3.66. The van der Waals surface area contributed by atoms with E-state index in [1.165, 1.54) is 62.5 Å². The molecule has 1 aliphatic carbocycles. The molecular formula is C33H35Cl3Zr-2. The Bertz CT molecular complexity index is 1280. The average molecular weight is 629 g/mol. The van der Waals surface area contributed by atoms with Crippen molar-refractivity contribution in [3.05, 3.63) is 113 Å². The van der Waals surface area contributed by atoms with Crippen LogP contribution in [0.3, 0.4) is 0 Å². The van der Waals surface area contributed by atoms with Crippen LogP contribution < -0.4 is 24.8 Å². The molecule has 4 aromatic carbocycles. The van der Waals surface area contributed by atoms with Crippen molar-refractivity contribution in [2.45, 2.75) is 58.8 Å². The minimum atomic E-state index is 0. The number of halogens is 3. The molecule has 5 rings (SSSR count). The monoisotopic (exact) mass is 626 g/mol. The molecule has 0 saturated carbocycles. The maximum absolute atomic E-state index is 5.71. The molecule has 0 amide bonds. The first-order valence-electron chi connectivity index (χ1n) is 12.1. The Balaban J connectivity index is 0.000000354. The summed E-state index contributed by atoms with van der Waals surface area (Å²) in [4.78, 5) is 0. The van der Waals surface area contributed by atoms with E-state index in [4.69, 9.17) is 11.6 Å². The van der Waals surface area contributed by atoms with Crippen molar-refractivity contribution < 1.29 is 49.0 Å². The first-order valence-corrected chi connectivity index (χ1v) is 13.9. The van der Waals surface area contributed by atoms with Crippen molar-refractivity contribution in [2.24, 2.45) is 0 Å². The number of hydrogen-bond acceptors (Lipinski definition) is 0. The number of fused-ring (bicyclic) bond motifs is 3. The van der Waals surface area contributed by atoms with Gasteiger partial charge in [-0.25, -0.2) is 12.2 Å². The topological polar surface area (TPSA) is 0 Å². The van der Waals surface area contributed by atoms with Crippen LogP contribution in [0.2, 0.25) is 5.02 Å². The van der Waals surface area contributed by atoms with Crippen LogP contribution >= 0.6 is 11.6 Å². The third kappa shape index (κ3) is 9.71. The summed E-state index contributed by atoms with van der Waals surface area (Å²) >= 11 is 7.12. The van der Waals surface area contributed by atoms with E-state index >= 15 is 0 Å². The summed E-state index contributed by atoms with van der Waals surface area (Å²) < 4.78 is 2.11. The van der Waals surface area contributed by atoms with E-state index in [9.17, 15) is 0 Å². The molecule has 0 saturated heterocycles. The molecule has 0 aliphatic heterocycles. The van der Waals surface area contributed by atoms with Crippen molar-refractivity contribution in [3.63, 3.8) is 0 Å². The Labute approximate surface area is 255 Å². The van der Waals surface area contributed by atoms with Gasteiger partial charge in [-0.1, -0.05) is 76.9 Å². The van der Waals surface area contributed by atoms with E-state index in [2.05, 4.69) is 99.9 Å². The smallest absolute Gasteiger partial charge is 0.109 e. The number of benzene rings is 3. The van der Waals surface area contributed by atoms with Crippen molar-refractivity contribution in [1.29, 1.82) is 0 Å². The maximum atomic E-state index is 5.71. The Morgan fingerprint density at radius 3 is 1.68 bits per heavy atom. The first kappa shape index (κ1) is 33.7. The minimum absolute atomic E-state index is 0. The SMILES string of the molecule is CC(C)(C)c1ccc2c(c1)[cH-]c1cc(C(C)(C)C)ccc12.Clc1cccc([CH]=[Zr+2])c1.[C-]1=CC=CC1.[Cl-].[Cl-]. The standard InChI is InChI=1S/C21H25.C7H5Cl.C5H5.2ClH.Zr/c1-20(2,3)16-7-9-18-14(12-16)11-15-13-17(21(4,5)6)8-10-19(15)18;1-6-3-2-4-7(8)5-6;1-2-4-5-3-1;;;/h7-13H,1-6H3;1-5H;1-3H,4H2;2*1H;/q-1;;-1;;;+2/p-2. The van der Waals surface area contributed by atoms with Gasteiger partial charge in [0, 0.05) is 0 Å². The molecule has 0 bridgehead atoms. The van der Waals surface area contributed by atoms with Gasteiger partial charge in [0.1, 0.15) is 0 Å². The molecule has 4 heteroatoms. The zero-order chi connectivity index (χ0) is 25.6. The van der Waals surface area contributed by atoms with Gasteiger partial charge < -0.3 is 24.8 Å². The van der Waals surface area contributed by atoms with Gasteiger partial charge in [0.25, 0.3) is 0 Å². The summed E-state index contributed by atoms with van der Waals surface area (Å²) in [6.45, 7) is 13.6. The van der Waals surface area contributed by atoms with Gasteiger partial charge in [0.05, 0.1) is 0 Å². The summed E-state index contributed by atoms with van der Waals surface area (Å²) in [5.41, 5.74) is 4.42. The van der Waals surface area contributed by atoms with E-state index in [1.807, 2.05) is 36.4 Å². The fourth-order valence-electron chi connectivity index (χ4n) is 3.89. The van der Waals surface area contributed by atoms with E-state index in [-0.39, 0.29) is 35.6 Å². The Morgan fingerprint density at radius 2 is 1.35 bits per heavy atom. The fraction of sp³-hybridized carbons (Fsp3) is 0.273. The van der Waals surface area contributed by atoms with Crippen molar-refractivity contribution in [1.82, 2.24) is 0 Å². The second kappa shape index (κ2) is 14.7. The van der Waals surface area contributed by atoms with E-state index in [0.29, 0.717) is 0 Å². The summed E-state index contributed by atoms with van der Waals surface area (Å²) in [5, 5.41) is 6.29. The molecule has 0 aromatic heterocycles. The summed E-state index contributed by atoms with van der Waals surface area (Å²) in [5.74, 6) is 0. The van der Waals surface area contributed by atoms with Crippen LogP contribution in [0.25, 0.3) is 21.5 Å². The molecular weight excluding hydrogens is 594 g/mol. The maximum Gasteiger partial charge on any atom is -0.109 e. The Morgan fingerprint density at radius 1 is 0.811 bits per heavy atom. The largest absolute Gasteiger partial charge is 1.00 e. The average Bonchev–Trinajstić information content (AvgIpc) is 3.49. The van der Waals surface area contributed by atoms with Gasteiger partial charge in [-0.05, 0) is 10.8 Å². The van der Waals surface area contributed by atoms with Crippen LogP contribution in [0, 0.1) is 6.08 Å². The van der Waals surface area contributed by atoms with Gasteiger partial charge in [0.15, 0.2) is 0 Å². The third-order valence-corrected chi connectivity index (χ3v) is 7.09. The molecule has 4 aromatic rings. The molecule has 0 spiro atoms. The first-order chi connectivity index (χ1) is 16.5. The van der Waals surface area contributed by atoms with Crippen LogP contribution in [0.5, 0.6) is 0 Å². The van der Waals surface area contributed by atoms with Crippen molar-refractivity contribution >= 4 is 36.9 Å². The van der Waals surface area contributed by atoms with Gasteiger partial charge in [-0.2, -0.15) is 6.08 Å². The molecule has 194 valence electrons. The molecule has 37 heavy (non-hydrogen) atoms. The third-order valence-electron chi connectivity index (χ3n) is 6.04. The second-order valence-corrected chi connectivity index (χ2v) is 12.1. The Hall–Kier alpha value is -1.37. The van der Waals surface area contributed by atoms with Gasteiger partial charge >= 0.3 is 74.4 Å². The molecule has 0 heterocycles. The molecule has 0 nitrogen and oxygen atoms in total. The Kier molecular flexibility index (Phi) is 13.4. The quantitative estimate of drug-likeness (QED) is 0.283. The number of allylic oxidation sites excluding steroid dienone is 4. The van der Waals surface area contributed by atoms with Crippen LogP contribution in [-0.2, 0) is 35.1 Å². The van der Waals surface area contributed by atoms with Gasteiger partial charge in [0.2, 0.25) is 0 Å². The second-order valence-electron chi connectivity index (χ2n) is 11.0. The normalized spacial score (nSPS) is 12.1.